The van der Waals surface area contributed by atoms with Crippen LogP contribution in [-0.2, 0) is 9.13 Å². The van der Waals surface area contributed by atoms with Crippen LogP contribution in [0.25, 0.3) is 0 Å². The van der Waals surface area contributed by atoms with E-state index in [0.717, 1.165) is 0 Å². The van der Waals surface area contributed by atoms with E-state index in [9.17, 15) is 0 Å². The van der Waals surface area contributed by atoms with Crippen LogP contribution >= 0.6 is 17.4 Å². The summed E-state index contributed by atoms with van der Waals surface area (Å²) in [5, 5.41) is 0. The zero-order valence-electron chi connectivity index (χ0n) is 9.22. The summed E-state index contributed by atoms with van der Waals surface area (Å²) in [7, 11) is -1.67. The maximum Gasteiger partial charge on any atom is 3.00 e. The fraction of sp³-hybridized carbons (Fsp3) is 0.875. The summed E-state index contributed by atoms with van der Waals surface area (Å²) in [5.74, 6) is 0. The van der Waals surface area contributed by atoms with Gasteiger partial charge in [0.1, 0.15) is 0 Å². The molecule has 0 rings (SSSR count). The predicted molar refractivity (Wildman–Crippen MR) is 58.4 cm³/mol. The topological polar surface area (TPSA) is 74.6 Å². The second kappa shape index (κ2) is 36.1. The van der Waals surface area contributed by atoms with Crippen molar-refractivity contribution in [2.24, 2.45) is 0 Å². The molecule has 7 heteroatoms. The molecule has 0 amide bonds. The molecule has 1 radical (unpaired) electrons. The molecule has 0 fully saturated rings. The number of hydrogen-bond acceptors (Lipinski definition) is 2. The first-order valence-electron chi connectivity index (χ1n) is 4.46. The standard InChI is InChI=1S/C8H17.Nd.2HO2P/c1-3-5-7-8-6-4-2;;2*1-3-2/h3H,4-8H2,1-2H3;;2*(H,1,2)/q-1;+3;;. The molecule has 0 aliphatic rings. The van der Waals surface area contributed by atoms with Crippen molar-refractivity contribution in [2.45, 2.75) is 46.0 Å². The molecule has 4 nitrogen and oxygen atoms in total. The van der Waals surface area contributed by atoms with E-state index in [4.69, 9.17) is 18.9 Å². The Labute approximate surface area is 128 Å². The predicted octanol–water partition coefficient (Wildman–Crippen LogP) is 3.55. The van der Waals surface area contributed by atoms with E-state index in [1.165, 1.54) is 32.1 Å². The van der Waals surface area contributed by atoms with E-state index in [1.54, 1.807) is 0 Å². The number of hydrogen-bond donors (Lipinski definition) is 2. The van der Waals surface area contributed by atoms with Gasteiger partial charge in [-0.1, -0.05) is 32.6 Å². The van der Waals surface area contributed by atoms with E-state index in [-0.39, 0.29) is 40.8 Å². The third kappa shape index (κ3) is 67.0. The normalized spacial score (nSPS) is 8.00. The molecule has 0 unspecified atom stereocenters. The molecule has 0 aliphatic carbocycles. The third-order valence-corrected chi connectivity index (χ3v) is 1.35. The van der Waals surface area contributed by atoms with Crippen molar-refractivity contribution in [3.05, 3.63) is 6.42 Å². The van der Waals surface area contributed by atoms with Crippen LogP contribution in [0.3, 0.4) is 0 Å². The van der Waals surface area contributed by atoms with Crippen molar-refractivity contribution in [1.82, 2.24) is 0 Å². The van der Waals surface area contributed by atoms with Crippen LogP contribution in [0, 0.1) is 47.3 Å². The average molecular weight is 385 g/mol. The molecular weight excluding hydrogens is 366 g/mol. The first-order valence-corrected chi connectivity index (χ1v) is 5.99. The minimum atomic E-state index is -0.833. The van der Waals surface area contributed by atoms with Crippen LogP contribution in [-0.4, -0.2) is 9.79 Å². The number of rotatable bonds is 5. The third-order valence-electron chi connectivity index (χ3n) is 1.35. The fourth-order valence-corrected chi connectivity index (χ4v) is 0.775. The summed E-state index contributed by atoms with van der Waals surface area (Å²) >= 11 is 0. The summed E-state index contributed by atoms with van der Waals surface area (Å²) in [6.07, 6.45) is 9.12. The molecule has 0 aromatic heterocycles. The second-order valence-electron chi connectivity index (χ2n) is 2.42. The van der Waals surface area contributed by atoms with Crippen LogP contribution in [0.4, 0.5) is 0 Å². The van der Waals surface area contributed by atoms with Crippen molar-refractivity contribution < 1.29 is 59.8 Å². The van der Waals surface area contributed by atoms with Gasteiger partial charge in [0.05, 0.1) is 0 Å². The summed E-state index contributed by atoms with van der Waals surface area (Å²) in [6, 6.07) is 0. The van der Waals surface area contributed by atoms with Gasteiger partial charge >= 0.3 is 58.2 Å². The zero-order valence-corrected chi connectivity index (χ0v) is 14.2. The van der Waals surface area contributed by atoms with E-state index < -0.39 is 17.4 Å². The molecule has 2 N–H and O–H groups in total. The SMILES string of the molecule is C[CH-]CCCCCC.O=PO.O=PO.[Nd+3]. The quantitative estimate of drug-likeness (QED) is 0.431. The Morgan fingerprint density at radius 1 is 1.07 bits per heavy atom. The Morgan fingerprint density at radius 2 is 1.47 bits per heavy atom. The van der Waals surface area contributed by atoms with Crippen molar-refractivity contribution in [3.63, 3.8) is 0 Å². The second-order valence-corrected chi connectivity index (χ2v) is 2.75. The summed E-state index contributed by atoms with van der Waals surface area (Å²) < 4.78 is 16.9. The Bertz CT molecular complexity index is 94.6. The van der Waals surface area contributed by atoms with E-state index >= 15 is 0 Å². The summed E-state index contributed by atoms with van der Waals surface area (Å²) in [5.41, 5.74) is 0. The molecule has 0 aromatic rings. The maximum absolute atomic E-state index is 8.46. The van der Waals surface area contributed by atoms with E-state index in [1.807, 2.05) is 0 Å². The van der Waals surface area contributed by atoms with Gasteiger partial charge in [-0.05, 0) is 0 Å². The minimum Gasteiger partial charge on any atom is -0.332 e. The van der Waals surface area contributed by atoms with Gasteiger partial charge in [0.15, 0.2) is 0 Å². The van der Waals surface area contributed by atoms with Gasteiger partial charge in [-0.15, -0.1) is 0 Å². The Morgan fingerprint density at radius 3 is 1.73 bits per heavy atom. The first kappa shape index (κ1) is 25.3. The first-order chi connectivity index (χ1) is 6.74. The van der Waals surface area contributed by atoms with Crippen LogP contribution in [0.1, 0.15) is 46.0 Å². The number of unbranched alkanes of at least 4 members (excludes halogenated alkanes) is 5. The molecule has 0 aliphatic heterocycles. The van der Waals surface area contributed by atoms with Crippen molar-refractivity contribution in [1.29, 1.82) is 0 Å². The Kier molecular flexibility index (Phi) is 61.0. The van der Waals surface area contributed by atoms with Crippen LogP contribution in [0.2, 0.25) is 0 Å². The Balaban J connectivity index is -0.0000000733. The fourth-order valence-electron chi connectivity index (χ4n) is 0.775. The minimum absolute atomic E-state index is 0. The van der Waals surface area contributed by atoms with Crippen molar-refractivity contribution in [3.8, 4) is 0 Å². The largest absolute Gasteiger partial charge is 3.00 e. The van der Waals surface area contributed by atoms with Crippen LogP contribution < -0.4 is 0 Å². The molecule has 15 heavy (non-hydrogen) atoms. The smallest absolute Gasteiger partial charge is 0.332 e. The van der Waals surface area contributed by atoms with Gasteiger partial charge in [-0.2, -0.15) is 13.3 Å². The average Bonchev–Trinajstić information content (AvgIpc) is 2.15. The summed E-state index contributed by atoms with van der Waals surface area (Å²) in [6.45, 7) is 4.38. The van der Waals surface area contributed by atoms with Crippen LogP contribution in [0.15, 0.2) is 0 Å². The molecule has 0 aromatic carbocycles. The molecule has 0 atom stereocenters. The molecule has 0 heterocycles. The molecule has 0 saturated carbocycles. The van der Waals surface area contributed by atoms with Gasteiger partial charge in [0.2, 0.25) is 0 Å². The van der Waals surface area contributed by atoms with E-state index in [0.29, 0.717) is 0 Å². The van der Waals surface area contributed by atoms with Gasteiger partial charge in [-0.25, -0.2) is 9.13 Å². The van der Waals surface area contributed by atoms with Crippen LogP contribution in [0.5, 0.6) is 0 Å². The molecule has 0 saturated heterocycles. The van der Waals surface area contributed by atoms with Crippen molar-refractivity contribution in [2.75, 3.05) is 0 Å². The molecular formula is C8H19NdO4P2+2. The maximum atomic E-state index is 8.46. The monoisotopic (exact) mass is 383 g/mol. The van der Waals surface area contributed by atoms with Gasteiger partial charge in [-0.3, -0.25) is 0 Å². The van der Waals surface area contributed by atoms with Gasteiger partial charge < -0.3 is 16.2 Å². The molecule has 87 valence electrons. The van der Waals surface area contributed by atoms with Gasteiger partial charge in [0, 0.05) is 0 Å². The molecule has 0 bridgehead atoms. The molecule has 0 spiro atoms. The van der Waals surface area contributed by atoms with Gasteiger partial charge in [0.25, 0.3) is 0 Å². The zero-order chi connectivity index (χ0) is 11.7. The van der Waals surface area contributed by atoms with Crippen molar-refractivity contribution >= 4 is 17.4 Å². The summed E-state index contributed by atoms with van der Waals surface area (Å²) in [4.78, 5) is 14.0. The van der Waals surface area contributed by atoms with E-state index in [2.05, 4.69) is 20.3 Å². The Hall–Kier alpha value is 1.47.